The zero-order chi connectivity index (χ0) is 23.6. The van der Waals surface area contributed by atoms with Gasteiger partial charge in [0.1, 0.15) is 5.75 Å². The van der Waals surface area contributed by atoms with Gasteiger partial charge in [0.2, 0.25) is 5.91 Å². The smallest absolute Gasteiger partial charge is 0.240 e. The molecule has 0 unspecified atom stereocenters. The normalized spacial score (nSPS) is 11.4. The van der Waals surface area contributed by atoms with E-state index in [9.17, 15) is 4.79 Å². The van der Waals surface area contributed by atoms with Gasteiger partial charge in [-0.15, -0.1) is 0 Å². The van der Waals surface area contributed by atoms with E-state index < -0.39 is 0 Å². The van der Waals surface area contributed by atoms with Crippen LogP contribution in [-0.4, -0.2) is 31.9 Å². The molecule has 0 saturated carbocycles. The minimum Gasteiger partial charge on any atom is -0.492 e. The molecule has 7 heteroatoms. The van der Waals surface area contributed by atoms with E-state index in [2.05, 4.69) is 59.4 Å². The molecular formula is C25H33BrN2O4. The van der Waals surface area contributed by atoms with E-state index in [0.29, 0.717) is 44.2 Å². The summed E-state index contributed by atoms with van der Waals surface area (Å²) in [6.45, 7) is 11.9. The Balaban J connectivity index is 1.78. The maximum atomic E-state index is 12.0. The highest BCUT2D eigenvalue weighted by atomic mass is 79.9. The summed E-state index contributed by atoms with van der Waals surface area (Å²) in [5.41, 5.74) is 4.67. The summed E-state index contributed by atoms with van der Waals surface area (Å²) in [7, 11) is 0. The summed E-state index contributed by atoms with van der Waals surface area (Å²) in [6.07, 6.45) is 2.50. The Hall–Kier alpha value is -2.54. The van der Waals surface area contributed by atoms with Crippen LogP contribution in [0.2, 0.25) is 0 Å². The van der Waals surface area contributed by atoms with Gasteiger partial charge >= 0.3 is 0 Å². The second-order valence-electron chi connectivity index (χ2n) is 8.21. The van der Waals surface area contributed by atoms with E-state index in [1.54, 1.807) is 6.21 Å². The van der Waals surface area contributed by atoms with Gasteiger partial charge in [-0.05, 0) is 83.1 Å². The van der Waals surface area contributed by atoms with Crippen LogP contribution >= 0.6 is 15.9 Å². The number of halogens is 1. The van der Waals surface area contributed by atoms with Gasteiger partial charge in [-0.1, -0.05) is 26.8 Å². The number of nitrogens with zero attached hydrogens (tertiary/aromatic N) is 1. The first kappa shape index (κ1) is 25.7. The lowest BCUT2D eigenvalue weighted by Crippen LogP contribution is -2.18. The Kier molecular flexibility index (Phi) is 10.0. The van der Waals surface area contributed by atoms with Crippen molar-refractivity contribution in [2.75, 3.05) is 19.8 Å². The van der Waals surface area contributed by atoms with Gasteiger partial charge in [-0.3, -0.25) is 4.79 Å². The fourth-order valence-corrected chi connectivity index (χ4v) is 3.38. The van der Waals surface area contributed by atoms with Gasteiger partial charge in [-0.25, -0.2) is 5.43 Å². The molecule has 0 atom stereocenters. The molecule has 1 amide bonds. The average Bonchev–Trinajstić information content (AvgIpc) is 2.73. The average molecular weight is 505 g/mol. The topological polar surface area (TPSA) is 69.2 Å². The molecule has 32 heavy (non-hydrogen) atoms. The van der Waals surface area contributed by atoms with Crippen molar-refractivity contribution in [1.29, 1.82) is 0 Å². The Morgan fingerprint density at radius 1 is 1.00 bits per heavy atom. The minimum atomic E-state index is -0.164. The Bertz CT molecular complexity index is 923. The number of carbonyl (C=O) groups is 1. The number of hydrogen-bond acceptors (Lipinski definition) is 5. The highest BCUT2D eigenvalue weighted by molar-refractivity contribution is 9.10. The molecule has 174 valence electrons. The van der Waals surface area contributed by atoms with Gasteiger partial charge in [0, 0.05) is 6.42 Å². The first-order chi connectivity index (χ1) is 15.2. The third kappa shape index (κ3) is 8.19. The lowest BCUT2D eigenvalue weighted by atomic mass is 9.87. The Morgan fingerprint density at radius 2 is 1.69 bits per heavy atom. The van der Waals surface area contributed by atoms with Gasteiger partial charge in [-0.2, -0.15) is 5.10 Å². The summed E-state index contributed by atoms with van der Waals surface area (Å²) >= 11 is 3.56. The Morgan fingerprint density at radius 3 is 2.34 bits per heavy atom. The summed E-state index contributed by atoms with van der Waals surface area (Å²) in [4.78, 5) is 12.0. The monoisotopic (exact) mass is 504 g/mol. The van der Waals surface area contributed by atoms with Crippen molar-refractivity contribution in [2.45, 2.75) is 52.9 Å². The fourth-order valence-electron chi connectivity index (χ4n) is 2.88. The van der Waals surface area contributed by atoms with Crippen LogP contribution in [0.25, 0.3) is 0 Å². The second-order valence-corrected chi connectivity index (χ2v) is 9.07. The molecule has 0 fully saturated rings. The SMILES string of the molecule is CCOc1ccc(/C=N/NC(=O)CCCOc2ccc(C(C)(C)C)cc2Br)cc1OCC. The van der Waals surface area contributed by atoms with Gasteiger partial charge in [0.25, 0.3) is 0 Å². The molecule has 0 radical (unpaired) electrons. The summed E-state index contributed by atoms with van der Waals surface area (Å²) in [5, 5.41) is 4.03. The molecule has 0 aliphatic rings. The van der Waals surface area contributed by atoms with Gasteiger partial charge < -0.3 is 14.2 Å². The van der Waals surface area contributed by atoms with E-state index in [1.807, 2.05) is 38.1 Å². The molecule has 1 N–H and O–H groups in total. The maximum Gasteiger partial charge on any atom is 0.240 e. The lowest BCUT2D eigenvalue weighted by molar-refractivity contribution is -0.121. The predicted molar refractivity (Wildman–Crippen MR) is 132 cm³/mol. The Labute approximate surface area is 199 Å². The summed E-state index contributed by atoms with van der Waals surface area (Å²) in [6, 6.07) is 11.6. The van der Waals surface area contributed by atoms with Crippen molar-refractivity contribution in [3.05, 3.63) is 52.0 Å². The maximum absolute atomic E-state index is 12.0. The van der Waals surface area contributed by atoms with E-state index in [-0.39, 0.29) is 11.3 Å². The van der Waals surface area contributed by atoms with Crippen molar-refractivity contribution in [1.82, 2.24) is 5.43 Å². The number of amides is 1. The number of nitrogens with one attached hydrogen (secondary N) is 1. The molecule has 0 aliphatic heterocycles. The molecule has 2 aromatic rings. The molecule has 0 heterocycles. The molecule has 0 bridgehead atoms. The van der Waals surface area contributed by atoms with Crippen molar-refractivity contribution >= 4 is 28.1 Å². The molecule has 0 saturated heterocycles. The van der Waals surface area contributed by atoms with Gasteiger partial charge in [0.05, 0.1) is 30.5 Å². The van der Waals surface area contributed by atoms with Crippen LogP contribution in [-0.2, 0) is 10.2 Å². The quantitative estimate of drug-likeness (QED) is 0.236. The van der Waals surface area contributed by atoms with E-state index in [1.165, 1.54) is 5.56 Å². The van der Waals surface area contributed by atoms with Gasteiger partial charge in [0.15, 0.2) is 11.5 Å². The van der Waals surface area contributed by atoms with E-state index >= 15 is 0 Å². The molecule has 2 aromatic carbocycles. The zero-order valence-corrected chi connectivity index (χ0v) is 21.1. The lowest BCUT2D eigenvalue weighted by Gasteiger charge is -2.20. The van der Waals surface area contributed by atoms with Crippen LogP contribution in [0, 0.1) is 0 Å². The largest absolute Gasteiger partial charge is 0.492 e. The third-order valence-electron chi connectivity index (χ3n) is 4.57. The number of rotatable bonds is 11. The predicted octanol–water partition coefficient (Wildman–Crippen LogP) is 5.85. The first-order valence-electron chi connectivity index (χ1n) is 10.9. The van der Waals surface area contributed by atoms with Crippen LogP contribution in [0.1, 0.15) is 58.6 Å². The number of benzene rings is 2. The van der Waals surface area contributed by atoms with Crippen LogP contribution in [0.5, 0.6) is 17.2 Å². The van der Waals surface area contributed by atoms with Crippen LogP contribution in [0.4, 0.5) is 0 Å². The number of carbonyl (C=O) groups excluding carboxylic acids is 1. The zero-order valence-electron chi connectivity index (χ0n) is 19.5. The van der Waals surface area contributed by atoms with Crippen molar-refractivity contribution in [2.24, 2.45) is 5.10 Å². The fraction of sp³-hybridized carbons (Fsp3) is 0.440. The van der Waals surface area contributed by atoms with E-state index in [4.69, 9.17) is 14.2 Å². The third-order valence-corrected chi connectivity index (χ3v) is 5.19. The van der Waals surface area contributed by atoms with Crippen molar-refractivity contribution < 1.29 is 19.0 Å². The number of hydrogen-bond donors (Lipinski definition) is 1. The molecule has 0 aromatic heterocycles. The molecule has 0 aliphatic carbocycles. The van der Waals surface area contributed by atoms with E-state index in [0.717, 1.165) is 15.8 Å². The summed E-state index contributed by atoms with van der Waals surface area (Å²) < 4.78 is 17.9. The summed E-state index contributed by atoms with van der Waals surface area (Å²) in [5.74, 6) is 1.96. The minimum absolute atomic E-state index is 0.0789. The number of ether oxygens (including phenoxy) is 3. The molecule has 2 rings (SSSR count). The van der Waals surface area contributed by atoms with Crippen LogP contribution in [0.15, 0.2) is 46.0 Å². The van der Waals surface area contributed by atoms with Crippen LogP contribution < -0.4 is 19.6 Å². The highest BCUT2D eigenvalue weighted by Crippen LogP contribution is 2.31. The highest BCUT2D eigenvalue weighted by Gasteiger charge is 2.15. The number of hydrazone groups is 1. The van der Waals surface area contributed by atoms with Crippen LogP contribution in [0.3, 0.4) is 0 Å². The second kappa shape index (κ2) is 12.5. The molecule has 0 spiro atoms. The molecular weight excluding hydrogens is 472 g/mol. The standard InChI is InChI=1S/C25H33BrN2O4/c1-6-30-22-12-10-18(15-23(22)31-7-2)17-27-28-24(29)9-8-14-32-21-13-11-19(16-20(21)26)25(3,4)5/h10-13,15-17H,6-9,14H2,1-5H3,(H,28,29)/b27-17+. The van der Waals surface area contributed by atoms with Crippen molar-refractivity contribution in [3.8, 4) is 17.2 Å². The molecule has 6 nitrogen and oxygen atoms in total. The first-order valence-corrected chi connectivity index (χ1v) is 11.7. The van der Waals surface area contributed by atoms with Crippen molar-refractivity contribution in [3.63, 3.8) is 0 Å².